The standard InChI is InChI=1S/C13H26N2O2/c1-4-11(10-17-3)15-12(16)13(5-2)6-8-14-9-7-13/h11,14H,4-10H2,1-3H3,(H,15,16). The van der Waals surface area contributed by atoms with Crippen molar-refractivity contribution in [2.75, 3.05) is 26.8 Å². The van der Waals surface area contributed by atoms with Gasteiger partial charge in [0.2, 0.25) is 5.91 Å². The second kappa shape index (κ2) is 6.97. The van der Waals surface area contributed by atoms with Gasteiger partial charge in [-0.15, -0.1) is 0 Å². The molecule has 1 saturated heterocycles. The molecule has 4 nitrogen and oxygen atoms in total. The molecule has 1 fully saturated rings. The third-order valence-corrected chi connectivity index (χ3v) is 3.91. The highest BCUT2D eigenvalue weighted by atomic mass is 16.5. The molecule has 1 aliphatic rings. The van der Waals surface area contributed by atoms with Crippen LogP contribution in [-0.4, -0.2) is 38.8 Å². The molecule has 2 N–H and O–H groups in total. The number of ether oxygens (including phenoxy) is 1. The van der Waals surface area contributed by atoms with Gasteiger partial charge in [-0.25, -0.2) is 0 Å². The quantitative estimate of drug-likeness (QED) is 0.738. The molecule has 100 valence electrons. The van der Waals surface area contributed by atoms with E-state index in [-0.39, 0.29) is 17.4 Å². The summed E-state index contributed by atoms with van der Waals surface area (Å²) < 4.78 is 5.12. The van der Waals surface area contributed by atoms with E-state index >= 15 is 0 Å². The molecule has 1 aliphatic heterocycles. The van der Waals surface area contributed by atoms with Crippen LogP contribution in [0.2, 0.25) is 0 Å². The molecule has 1 amide bonds. The molecular weight excluding hydrogens is 216 g/mol. The van der Waals surface area contributed by atoms with Crippen molar-refractivity contribution < 1.29 is 9.53 Å². The van der Waals surface area contributed by atoms with E-state index in [9.17, 15) is 4.79 Å². The smallest absolute Gasteiger partial charge is 0.226 e. The number of carbonyl (C=O) groups is 1. The minimum atomic E-state index is -0.160. The Hall–Kier alpha value is -0.610. The Morgan fingerprint density at radius 1 is 1.41 bits per heavy atom. The molecule has 17 heavy (non-hydrogen) atoms. The molecule has 1 atom stereocenters. The summed E-state index contributed by atoms with van der Waals surface area (Å²) in [4.78, 5) is 12.4. The van der Waals surface area contributed by atoms with Crippen molar-refractivity contribution in [2.45, 2.75) is 45.6 Å². The van der Waals surface area contributed by atoms with Crippen LogP contribution < -0.4 is 10.6 Å². The van der Waals surface area contributed by atoms with Crippen molar-refractivity contribution in [3.05, 3.63) is 0 Å². The van der Waals surface area contributed by atoms with Crippen molar-refractivity contribution in [3.63, 3.8) is 0 Å². The highest BCUT2D eigenvalue weighted by molar-refractivity contribution is 5.83. The average molecular weight is 242 g/mol. The molecule has 0 spiro atoms. The molecule has 1 rings (SSSR count). The topological polar surface area (TPSA) is 50.4 Å². The van der Waals surface area contributed by atoms with Crippen LogP contribution in [0.25, 0.3) is 0 Å². The van der Waals surface area contributed by atoms with Gasteiger partial charge >= 0.3 is 0 Å². The fourth-order valence-electron chi connectivity index (χ4n) is 2.45. The van der Waals surface area contributed by atoms with Gasteiger partial charge in [-0.3, -0.25) is 4.79 Å². The van der Waals surface area contributed by atoms with Crippen LogP contribution >= 0.6 is 0 Å². The number of nitrogens with one attached hydrogen (secondary N) is 2. The van der Waals surface area contributed by atoms with Crippen molar-refractivity contribution in [2.24, 2.45) is 5.41 Å². The second-order valence-corrected chi connectivity index (χ2v) is 4.92. The molecule has 1 unspecified atom stereocenters. The number of amides is 1. The van der Waals surface area contributed by atoms with Crippen molar-refractivity contribution in [1.29, 1.82) is 0 Å². The summed E-state index contributed by atoms with van der Waals surface area (Å²) in [6.45, 7) is 6.68. The summed E-state index contributed by atoms with van der Waals surface area (Å²) in [5.41, 5.74) is -0.160. The van der Waals surface area contributed by atoms with E-state index in [2.05, 4.69) is 24.5 Å². The van der Waals surface area contributed by atoms with Crippen molar-refractivity contribution in [3.8, 4) is 0 Å². The first-order valence-corrected chi connectivity index (χ1v) is 6.69. The van der Waals surface area contributed by atoms with Gasteiger partial charge in [0.1, 0.15) is 0 Å². The van der Waals surface area contributed by atoms with Crippen LogP contribution in [-0.2, 0) is 9.53 Å². The molecule has 0 aromatic heterocycles. The Kier molecular flexibility index (Phi) is 5.92. The van der Waals surface area contributed by atoms with Gasteiger partial charge in [-0.1, -0.05) is 13.8 Å². The van der Waals surface area contributed by atoms with Crippen molar-refractivity contribution >= 4 is 5.91 Å². The Bertz CT molecular complexity index is 238. The summed E-state index contributed by atoms with van der Waals surface area (Å²) in [6, 6.07) is 0.144. The number of methoxy groups -OCH3 is 1. The fourth-order valence-corrected chi connectivity index (χ4v) is 2.45. The minimum Gasteiger partial charge on any atom is -0.383 e. The van der Waals surface area contributed by atoms with Gasteiger partial charge in [-0.05, 0) is 38.8 Å². The van der Waals surface area contributed by atoms with Crippen LogP contribution in [0, 0.1) is 5.41 Å². The maximum absolute atomic E-state index is 12.4. The van der Waals surface area contributed by atoms with Crippen LogP contribution in [0.15, 0.2) is 0 Å². The normalized spacial score (nSPS) is 20.9. The van der Waals surface area contributed by atoms with E-state index in [0.29, 0.717) is 6.61 Å². The van der Waals surface area contributed by atoms with Gasteiger partial charge in [-0.2, -0.15) is 0 Å². The van der Waals surface area contributed by atoms with E-state index in [4.69, 9.17) is 4.74 Å². The Balaban J connectivity index is 2.58. The summed E-state index contributed by atoms with van der Waals surface area (Å²) in [5.74, 6) is 0.213. The third kappa shape index (κ3) is 3.68. The Labute approximate surface area is 104 Å². The minimum absolute atomic E-state index is 0.144. The zero-order chi connectivity index (χ0) is 12.7. The third-order valence-electron chi connectivity index (χ3n) is 3.91. The predicted octanol–water partition coefficient (Wildman–Crippen LogP) is 1.31. The van der Waals surface area contributed by atoms with Gasteiger partial charge in [0.05, 0.1) is 18.1 Å². The number of rotatable bonds is 6. The summed E-state index contributed by atoms with van der Waals surface area (Å²) in [5, 5.41) is 6.45. The molecule has 0 bridgehead atoms. The summed E-state index contributed by atoms with van der Waals surface area (Å²) >= 11 is 0. The van der Waals surface area contributed by atoms with Crippen LogP contribution in [0.1, 0.15) is 39.5 Å². The molecular formula is C13H26N2O2. The number of hydrogen-bond acceptors (Lipinski definition) is 3. The molecule has 4 heteroatoms. The van der Waals surface area contributed by atoms with Gasteiger partial charge in [0, 0.05) is 7.11 Å². The Morgan fingerprint density at radius 3 is 2.53 bits per heavy atom. The lowest BCUT2D eigenvalue weighted by atomic mass is 9.75. The summed E-state index contributed by atoms with van der Waals surface area (Å²) in [6.07, 6.45) is 3.72. The maximum atomic E-state index is 12.4. The molecule has 1 heterocycles. The lowest BCUT2D eigenvalue weighted by Gasteiger charge is -2.36. The number of piperidine rings is 1. The Morgan fingerprint density at radius 2 is 2.06 bits per heavy atom. The second-order valence-electron chi connectivity index (χ2n) is 4.92. The fraction of sp³-hybridized carbons (Fsp3) is 0.923. The summed E-state index contributed by atoms with van der Waals surface area (Å²) in [7, 11) is 1.68. The zero-order valence-corrected chi connectivity index (χ0v) is 11.3. The van der Waals surface area contributed by atoms with Crippen LogP contribution in [0.3, 0.4) is 0 Å². The van der Waals surface area contributed by atoms with E-state index in [1.165, 1.54) is 0 Å². The first-order valence-electron chi connectivity index (χ1n) is 6.69. The largest absolute Gasteiger partial charge is 0.383 e. The number of carbonyl (C=O) groups excluding carboxylic acids is 1. The predicted molar refractivity (Wildman–Crippen MR) is 68.9 cm³/mol. The van der Waals surface area contributed by atoms with Crippen LogP contribution in [0.4, 0.5) is 0 Å². The number of hydrogen-bond donors (Lipinski definition) is 2. The monoisotopic (exact) mass is 242 g/mol. The van der Waals surface area contributed by atoms with E-state index in [1.807, 2.05) is 0 Å². The molecule has 0 aliphatic carbocycles. The maximum Gasteiger partial charge on any atom is 0.226 e. The lowest BCUT2D eigenvalue weighted by Crippen LogP contribution is -2.50. The van der Waals surface area contributed by atoms with Gasteiger partial charge in [0.25, 0.3) is 0 Å². The highest BCUT2D eigenvalue weighted by Gasteiger charge is 2.38. The van der Waals surface area contributed by atoms with E-state index in [1.54, 1.807) is 7.11 Å². The molecule has 0 radical (unpaired) electrons. The zero-order valence-electron chi connectivity index (χ0n) is 11.3. The molecule has 0 aromatic carbocycles. The first-order chi connectivity index (χ1) is 8.18. The highest BCUT2D eigenvalue weighted by Crippen LogP contribution is 2.32. The van der Waals surface area contributed by atoms with Gasteiger partial charge in [0.15, 0.2) is 0 Å². The molecule has 0 aromatic rings. The van der Waals surface area contributed by atoms with Crippen LogP contribution in [0.5, 0.6) is 0 Å². The lowest BCUT2D eigenvalue weighted by molar-refractivity contribution is -0.134. The SMILES string of the molecule is CCC(COC)NC(=O)C1(CC)CCNCC1. The van der Waals surface area contributed by atoms with E-state index < -0.39 is 0 Å². The van der Waals surface area contributed by atoms with Crippen molar-refractivity contribution in [1.82, 2.24) is 10.6 Å². The average Bonchev–Trinajstić information content (AvgIpc) is 2.38. The van der Waals surface area contributed by atoms with Gasteiger partial charge < -0.3 is 15.4 Å². The van der Waals surface area contributed by atoms with E-state index in [0.717, 1.165) is 38.8 Å². The first kappa shape index (κ1) is 14.5. The molecule has 0 saturated carbocycles.